The Bertz CT molecular complexity index is 885. The van der Waals surface area contributed by atoms with Crippen LogP contribution in [-0.4, -0.2) is 27.8 Å². The van der Waals surface area contributed by atoms with Crippen LogP contribution in [0.3, 0.4) is 0 Å². The van der Waals surface area contributed by atoms with Gasteiger partial charge in [-0.2, -0.15) is 5.10 Å². The highest BCUT2D eigenvalue weighted by Gasteiger charge is 2.26. The molecule has 29 heavy (non-hydrogen) atoms. The van der Waals surface area contributed by atoms with Crippen molar-refractivity contribution < 1.29 is 9.59 Å². The molecule has 0 atom stereocenters. The molecule has 0 saturated heterocycles. The fraction of sp³-hybridized carbons (Fsp3) is 0.500. The summed E-state index contributed by atoms with van der Waals surface area (Å²) in [6.07, 6.45) is 0. The van der Waals surface area contributed by atoms with Crippen LogP contribution >= 0.6 is 0 Å². The lowest BCUT2D eigenvalue weighted by molar-refractivity contribution is 0.102. The van der Waals surface area contributed by atoms with Gasteiger partial charge in [0.2, 0.25) is 0 Å². The van der Waals surface area contributed by atoms with E-state index in [-0.39, 0.29) is 28.9 Å². The highest BCUT2D eigenvalue weighted by atomic mass is 16.2. The largest absolute Gasteiger partial charge is 0.336 e. The highest BCUT2D eigenvalue weighted by molar-refractivity contribution is 6.05. The molecule has 3 amide bonds. The van der Waals surface area contributed by atoms with Crippen molar-refractivity contribution in [2.45, 2.75) is 72.4 Å². The molecule has 7 heteroatoms. The molecule has 0 aliphatic carbocycles. The van der Waals surface area contributed by atoms with Gasteiger partial charge in [-0.1, -0.05) is 26.8 Å². The number of carbonyl (C=O) groups is 2. The van der Waals surface area contributed by atoms with Crippen molar-refractivity contribution in [3.63, 3.8) is 0 Å². The summed E-state index contributed by atoms with van der Waals surface area (Å²) < 4.78 is 1.84. The number of hydrogen-bond acceptors (Lipinski definition) is 3. The fourth-order valence-corrected chi connectivity index (χ4v) is 2.70. The van der Waals surface area contributed by atoms with E-state index in [1.165, 1.54) is 0 Å². The Hall–Kier alpha value is -2.83. The van der Waals surface area contributed by atoms with Gasteiger partial charge in [-0.15, -0.1) is 0 Å². The first kappa shape index (κ1) is 22.5. The summed E-state index contributed by atoms with van der Waals surface area (Å²) in [5.74, 6) is 0.382. The Morgan fingerprint density at radius 1 is 1.00 bits per heavy atom. The minimum Gasteiger partial charge on any atom is -0.336 e. The third-order valence-corrected chi connectivity index (χ3v) is 4.16. The van der Waals surface area contributed by atoms with E-state index < -0.39 is 0 Å². The minimum atomic E-state index is -0.307. The molecule has 2 aromatic rings. The van der Waals surface area contributed by atoms with Crippen LogP contribution in [0.25, 0.3) is 0 Å². The summed E-state index contributed by atoms with van der Waals surface area (Å²) in [5, 5.41) is 13.2. The molecule has 2 rings (SSSR count). The van der Waals surface area contributed by atoms with Crippen LogP contribution in [-0.2, 0) is 11.0 Å². The van der Waals surface area contributed by atoms with Gasteiger partial charge in [-0.3, -0.25) is 4.79 Å². The SMILES string of the molecule is CC(C)NC(=O)Nc1cccc(C(=O)Nc2cc(C(C)(C)C)nn2C(C)(C)C)c1. The Morgan fingerprint density at radius 2 is 1.66 bits per heavy atom. The number of hydrogen-bond donors (Lipinski definition) is 3. The lowest BCUT2D eigenvalue weighted by Crippen LogP contribution is -2.34. The standard InChI is InChI=1S/C22H33N5O2/c1-14(2)23-20(29)24-16-11-9-10-15(12-16)19(28)25-18-13-17(21(3,4)5)26-27(18)22(6,7)8/h9-14H,1-8H3,(H,25,28)(H2,23,24,29). The lowest BCUT2D eigenvalue weighted by atomic mass is 9.92. The van der Waals surface area contributed by atoms with Gasteiger partial charge >= 0.3 is 6.03 Å². The van der Waals surface area contributed by atoms with E-state index in [2.05, 4.69) is 36.7 Å². The lowest BCUT2D eigenvalue weighted by Gasteiger charge is -2.23. The zero-order valence-corrected chi connectivity index (χ0v) is 18.7. The summed E-state index contributed by atoms with van der Waals surface area (Å²) in [6.45, 7) is 16.2. The number of nitrogens with one attached hydrogen (secondary N) is 3. The molecule has 0 radical (unpaired) electrons. The van der Waals surface area contributed by atoms with Crippen LogP contribution in [0.1, 0.15) is 71.4 Å². The van der Waals surface area contributed by atoms with E-state index in [4.69, 9.17) is 5.10 Å². The van der Waals surface area contributed by atoms with Gasteiger partial charge in [0.25, 0.3) is 5.91 Å². The molecule has 1 aromatic heterocycles. The van der Waals surface area contributed by atoms with Crippen LogP contribution in [0.15, 0.2) is 30.3 Å². The molecule has 7 nitrogen and oxygen atoms in total. The molecular weight excluding hydrogens is 366 g/mol. The van der Waals surface area contributed by atoms with Gasteiger partial charge < -0.3 is 16.0 Å². The zero-order chi connectivity index (χ0) is 22.0. The fourth-order valence-electron chi connectivity index (χ4n) is 2.70. The van der Waals surface area contributed by atoms with Gasteiger partial charge in [0.05, 0.1) is 11.2 Å². The maximum absolute atomic E-state index is 12.9. The minimum absolute atomic E-state index is 0.0242. The normalized spacial score (nSPS) is 12.0. The molecule has 3 N–H and O–H groups in total. The van der Waals surface area contributed by atoms with Crippen LogP contribution in [0.5, 0.6) is 0 Å². The van der Waals surface area contributed by atoms with Gasteiger partial charge in [-0.05, 0) is 52.8 Å². The molecular formula is C22H33N5O2. The van der Waals surface area contributed by atoms with E-state index in [1.807, 2.05) is 45.4 Å². The Kier molecular flexibility index (Phi) is 6.40. The Labute approximate surface area is 173 Å². The van der Waals surface area contributed by atoms with Crippen molar-refractivity contribution >= 4 is 23.4 Å². The average Bonchev–Trinajstić information content (AvgIpc) is 2.98. The van der Waals surface area contributed by atoms with Crippen molar-refractivity contribution in [3.8, 4) is 0 Å². The molecule has 158 valence electrons. The molecule has 0 unspecified atom stereocenters. The number of carbonyl (C=O) groups excluding carboxylic acids is 2. The first-order valence-corrected chi connectivity index (χ1v) is 9.87. The molecule has 1 aromatic carbocycles. The van der Waals surface area contributed by atoms with Crippen LogP contribution in [0.2, 0.25) is 0 Å². The first-order chi connectivity index (χ1) is 13.3. The second-order valence-electron chi connectivity index (χ2n) is 9.54. The van der Waals surface area contributed by atoms with E-state index in [1.54, 1.807) is 24.3 Å². The molecule has 0 bridgehead atoms. The van der Waals surface area contributed by atoms with Gasteiger partial charge in [0, 0.05) is 28.8 Å². The maximum atomic E-state index is 12.9. The van der Waals surface area contributed by atoms with Crippen molar-refractivity contribution in [1.82, 2.24) is 15.1 Å². The number of benzene rings is 1. The summed E-state index contributed by atoms with van der Waals surface area (Å²) in [5.41, 5.74) is 1.49. The topological polar surface area (TPSA) is 88.1 Å². The number of amides is 3. The number of anilines is 2. The van der Waals surface area contributed by atoms with Crippen LogP contribution in [0, 0.1) is 0 Å². The van der Waals surface area contributed by atoms with Crippen molar-refractivity contribution in [2.75, 3.05) is 10.6 Å². The predicted octanol–water partition coefficient (Wildman–Crippen LogP) is 4.72. The highest BCUT2D eigenvalue weighted by Crippen LogP contribution is 2.28. The van der Waals surface area contributed by atoms with Crippen molar-refractivity contribution in [3.05, 3.63) is 41.6 Å². The molecule has 0 aliphatic heterocycles. The maximum Gasteiger partial charge on any atom is 0.319 e. The molecule has 0 fully saturated rings. The second-order valence-corrected chi connectivity index (χ2v) is 9.54. The van der Waals surface area contributed by atoms with Gasteiger partial charge in [-0.25, -0.2) is 9.48 Å². The predicted molar refractivity (Wildman–Crippen MR) is 118 cm³/mol. The number of aromatic nitrogens is 2. The third-order valence-electron chi connectivity index (χ3n) is 4.16. The van der Waals surface area contributed by atoms with E-state index in [0.29, 0.717) is 17.1 Å². The zero-order valence-electron chi connectivity index (χ0n) is 18.7. The Morgan fingerprint density at radius 3 is 2.21 bits per heavy atom. The third kappa shape index (κ3) is 6.07. The molecule has 0 saturated carbocycles. The monoisotopic (exact) mass is 399 g/mol. The van der Waals surface area contributed by atoms with Crippen molar-refractivity contribution in [2.24, 2.45) is 0 Å². The molecule has 1 heterocycles. The van der Waals surface area contributed by atoms with E-state index in [0.717, 1.165) is 5.69 Å². The summed E-state index contributed by atoms with van der Waals surface area (Å²) in [6, 6.07) is 8.48. The van der Waals surface area contributed by atoms with Gasteiger partial charge in [0.15, 0.2) is 0 Å². The van der Waals surface area contributed by atoms with E-state index >= 15 is 0 Å². The quantitative estimate of drug-likeness (QED) is 0.695. The van der Waals surface area contributed by atoms with Crippen LogP contribution < -0.4 is 16.0 Å². The molecule has 0 spiro atoms. The Balaban J connectivity index is 2.25. The first-order valence-electron chi connectivity index (χ1n) is 9.87. The molecule has 0 aliphatic rings. The number of urea groups is 1. The van der Waals surface area contributed by atoms with E-state index in [9.17, 15) is 9.59 Å². The number of nitrogens with zero attached hydrogens (tertiary/aromatic N) is 2. The summed E-state index contributed by atoms with van der Waals surface area (Å²) >= 11 is 0. The van der Waals surface area contributed by atoms with Crippen LogP contribution in [0.4, 0.5) is 16.3 Å². The number of rotatable bonds is 4. The average molecular weight is 400 g/mol. The second kappa shape index (κ2) is 8.27. The smallest absolute Gasteiger partial charge is 0.319 e. The van der Waals surface area contributed by atoms with Crippen molar-refractivity contribution in [1.29, 1.82) is 0 Å². The summed E-state index contributed by atoms with van der Waals surface area (Å²) in [7, 11) is 0. The summed E-state index contributed by atoms with van der Waals surface area (Å²) in [4.78, 5) is 24.8. The van der Waals surface area contributed by atoms with Gasteiger partial charge in [0.1, 0.15) is 5.82 Å².